The van der Waals surface area contributed by atoms with E-state index in [0.29, 0.717) is 5.69 Å². The highest BCUT2D eigenvalue weighted by atomic mass is 32.2. The molecule has 0 saturated carbocycles. The van der Waals surface area contributed by atoms with Gasteiger partial charge in [0.1, 0.15) is 5.69 Å². The van der Waals surface area contributed by atoms with Crippen LogP contribution in [0.4, 0.5) is 5.69 Å². The molecule has 0 unspecified atom stereocenters. The van der Waals surface area contributed by atoms with E-state index < -0.39 is 0 Å². The van der Waals surface area contributed by atoms with Gasteiger partial charge in [0.25, 0.3) is 5.91 Å². The van der Waals surface area contributed by atoms with Crippen molar-refractivity contribution in [3.63, 3.8) is 0 Å². The van der Waals surface area contributed by atoms with Crippen molar-refractivity contribution in [3.05, 3.63) is 84.6 Å². The van der Waals surface area contributed by atoms with Crippen molar-refractivity contribution >= 4 is 34.4 Å². The Kier molecular flexibility index (Phi) is 5.32. The van der Waals surface area contributed by atoms with Crippen molar-refractivity contribution in [2.24, 2.45) is 7.05 Å². The van der Waals surface area contributed by atoms with Crippen LogP contribution in [-0.4, -0.2) is 24.6 Å². The number of amides is 1. The molecular weight excluding hydrogens is 378 g/mol. The van der Waals surface area contributed by atoms with Crippen LogP contribution in [0.1, 0.15) is 10.5 Å². The van der Waals surface area contributed by atoms with Crippen LogP contribution in [0.3, 0.4) is 0 Å². The van der Waals surface area contributed by atoms with Gasteiger partial charge in [0, 0.05) is 37.1 Å². The number of rotatable bonds is 5. The van der Waals surface area contributed by atoms with Crippen molar-refractivity contribution < 1.29 is 4.79 Å². The first kappa shape index (κ1) is 19.2. The Labute approximate surface area is 175 Å². The summed E-state index contributed by atoms with van der Waals surface area (Å²) in [6, 6.07) is 26.5. The molecule has 4 nitrogen and oxygen atoms in total. The van der Waals surface area contributed by atoms with Crippen LogP contribution < -0.4 is 9.62 Å². The van der Waals surface area contributed by atoms with E-state index in [1.165, 1.54) is 11.9 Å². The summed E-state index contributed by atoms with van der Waals surface area (Å²) in [4.78, 5) is 16.0. The monoisotopic (exact) mass is 401 g/mol. The zero-order valence-corrected chi connectivity index (χ0v) is 17.5. The third kappa shape index (κ3) is 3.87. The lowest BCUT2D eigenvalue weighted by molar-refractivity contribution is 0.0977. The second kappa shape index (κ2) is 8.05. The summed E-state index contributed by atoms with van der Waals surface area (Å²) in [6.07, 6.45) is 0. The van der Waals surface area contributed by atoms with Crippen molar-refractivity contribution in [1.82, 2.24) is 9.29 Å². The molecule has 146 valence electrons. The minimum absolute atomic E-state index is 0.108. The van der Waals surface area contributed by atoms with E-state index in [0.717, 1.165) is 32.6 Å². The van der Waals surface area contributed by atoms with Crippen LogP contribution in [0.2, 0.25) is 0 Å². The van der Waals surface area contributed by atoms with Crippen LogP contribution in [0.15, 0.2) is 83.8 Å². The van der Waals surface area contributed by atoms with E-state index in [2.05, 4.69) is 46.0 Å². The molecule has 1 heterocycles. The van der Waals surface area contributed by atoms with Crippen molar-refractivity contribution in [3.8, 4) is 11.1 Å². The first-order chi connectivity index (χ1) is 14.0. The molecule has 29 heavy (non-hydrogen) atoms. The third-order valence-electron chi connectivity index (χ3n) is 5.00. The van der Waals surface area contributed by atoms with Gasteiger partial charge < -0.3 is 9.47 Å². The number of aryl methyl sites for hydroxylation is 1. The molecule has 4 rings (SSSR count). The Morgan fingerprint density at radius 2 is 1.66 bits per heavy atom. The van der Waals surface area contributed by atoms with Crippen molar-refractivity contribution in [1.29, 1.82) is 0 Å². The highest BCUT2D eigenvalue weighted by Crippen LogP contribution is 2.30. The van der Waals surface area contributed by atoms with Gasteiger partial charge in [-0.25, -0.2) is 0 Å². The molecule has 0 aliphatic carbocycles. The number of nitrogens with one attached hydrogen (secondary N) is 1. The maximum Gasteiger partial charge on any atom is 0.278 e. The molecule has 1 N–H and O–H groups in total. The quantitative estimate of drug-likeness (QED) is 0.458. The van der Waals surface area contributed by atoms with E-state index >= 15 is 0 Å². The lowest BCUT2D eigenvalue weighted by Gasteiger charge is -2.13. The molecule has 0 saturated heterocycles. The molecule has 5 heteroatoms. The summed E-state index contributed by atoms with van der Waals surface area (Å²) < 4.78 is 4.96. The molecule has 4 aromatic rings. The Morgan fingerprint density at radius 3 is 2.41 bits per heavy atom. The lowest BCUT2D eigenvalue weighted by atomic mass is 10.1. The maximum atomic E-state index is 12.9. The fraction of sp³-hybridized carbons (Fsp3) is 0.125. The predicted octanol–water partition coefficient (Wildman–Crippen LogP) is 5.35. The van der Waals surface area contributed by atoms with Crippen LogP contribution in [-0.2, 0) is 7.05 Å². The molecule has 1 aromatic heterocycles. The number of carbonyl (C=O) groups excluding carboxylic acids is 1. The molecule has 0 aliphatic rings. The molecule has 0 radical (unpaired) electrons. The van der Waals surface area contributed by atoms with E-state index in [1.807, 2.05) is 68.2 Å². The minimum atomic E-state index is -0.108. The van der Waals surface area contributed by atoms with Gasteiger partial charge in [-0.2, -0.15) is 0 Å². The molecule has 3 aromatic carbocycles. The normalized spacial score (nSPS) is 10.9. The number of fused-ring (bicyclic) bond motifs is 1. The van der Waals surface area contributed by atoms with Crippen LogP contribution in [0.25, 0.3) is 22.0 Å². The number of aromatic nitrogens is 1. The Hall–Kier alpha value is -3.18. The fourth-order valence-electron chi connectivity index (χ4n) is 3.38. The summed E-state index contributed by atoms with van der Waals surface area (Å²) in [5.41, 5.74) is 5.02. The van der Waals surface area contributed by atoms with Crippen LogP contribution in [0, 0.1) is 0 Å². The summed E-state index contributed by atoms with van der Waals surface area (Å²) in [6.45, 7) is 0. The topological polar surface area (TPSA) is 37.3 Å². The number of hydrogen-bond donors (Lipinski definition) is 1. The van der Waals surface area contributed by atoms with E-state index in [1.54, 1.807) is 0 Å². The van der Waals surface area contributed by atoms with Crippen LogP contribution >= 0.6 is 11.9 Å². The van der Waals surface area contributed by atoms with Gasteiger partial charge in [-0.15, -0.1) is 0 Å². The van der Waals surface area contributed by atoms with Crippen molar-refractivity contribution in [2.45, 2.75) is 4.90 Å². The molecule has 0 bridgehead atoms. The Bertz CT molecular complexity index is 1170. The highest BCUT2D eigenvalue weighted by Gasteiger charge is 2.15. The second-order valence-electron chi connectivity index (χ2n) is 7.12. The zero-order valence-electron chi connectivity index (χ0n) is 16.7. The van der Waals surface area contributed by atoms with Gasteiger partial charge in [-0.1, -0.05) is 54.6 Å². The number of benzene rings is 3. The second-order valence-corrected chi connectivity index (χ2v) is 7.97. The minimum Gasteiger partial charge on any atom is -0.378 e. The first-order valence-corrected chi connectivity index (χ1v) is 10.2. The van der Waals surface area contributed by atoms with Crippen LogP contribution in [0.5, 0.6) is 0 Å². The molecular formula is C24H23N3OS. The Balaban J connectivity index is 1.58. The zero-order chi connectivity index (χ0) is 20.4. The smallest absolute Gasteiger partial charge is 0.278 e. The van der Waals surface area contributed by atoms with Gasteiger partial charge in [-0.05, 0) is 47.3 Å². The molecule has 0 aliphatic heterocycles. The average Bonchev–Trinajstić information content (AvgIpc) is 3.09. The van der Waals surface area contributed by atoms with E-state index in [4.69, 9.17) is 0 Å². The molecule has 0 spiro atoms. The molecule has 0 atom stereocenters. The van der Waals surface area contributed by atoms with Gasteiger partial charge in [0.05, 0.1) is 5.52 Å². The average molecular weight is 402 g/mol. The predicted molar refractivity (Wildman–Crippen MR) is 122 cm³/mol. The standard InChI is InChI=1S/C24H23N3OS/c1-26(2)19-14-13-18-15-22(27(3)21(18)16-19)24(28)25-29-23-12-8-7-11-20(23)17-9-5-4-6-10-17/h4-16H,1-3H3,(H,25,28). The fourth-order valence-corrected chi connectivity index (χ4v) is 4.13. The lowest BCUT2D eigenvalue weighted by Crippen LogP contribution is -2.18. The summed E-state index contributed by atoms with van der Waals surface area (Å²) in [5, 5.41) is 1.05. The highest BCUT2D eigenvalue weighted by molar-refractivity contribution is 7.98. The van der Waals surface area contributed by atoms with Gasteiger partial charge in [0.2, 0.25) is 0 Å². The van der Waals surface area contributed by atoms with Gasteiger partial charge in [-0.3, -0.25) is 9.52 Å². The summed E-state index contributed by atoms with van der Waals surface area (Å²) in [5.74, 6) is -0.108. The SMILES string of the molecule is CN(C)c1ccc2cc(C(=O)NSc3ccccc3-c3ccccc3)n(C)c2c1. The first-order valence-electron chi connectivity index (χ1n) is 9.43. The van der Waals surface area contributed by atoms with E-state index in [-0.39, 0.29) is 5.91 Å². The molecule has 0 fully saturated rings. The number of carbonyl (C=O) groups is 1. The van der Waals surface area contributed by atoms with Gasteiger partial charge in [0.15, 0.2) is 0 Å². The third-order valence-corrected chi connectivity index (χ3v) is 5.87. The van der Waals surface area contributed by atoms with Gasteiger partial charge >= 0.3 is 0 Å². The molecule has 1 amide bonds. The maximum absolute atomic E-state index is 12.9. The Morgan fingerprint density at radius 1 is 0.931 bits per heavy atom. The number of nitrogens with zero attached hydrogens (tertiary/aromatic N) is 2. The van der Waals surface area contributed by atoms with Crippen molar-refractivity contribution in [2.75, 3.05) is 19.0 Å². The largest absolute Gasteiger partial charge is 0.378 e. The number of anilines is 1. The number of hydrogen-bond acceptors (Lipinski definition) is 3. The van der Waals surface area contributed by atoms with E-state index in [9.17, 15) is 4.79 Å². The summed E-state index contributed by atoms with van der Waals surface area (Å²) >= 11 is 1.35. The summed E-state index contributed by atoms with van der Waals surface area (Å²) in [7, 11) is 5.95.